The van der Waals surface area contributed by atoms with Crippen molar-refractivity contribution in [1.29, 1.82) is 0 Å². The standard InChI is InChI=1S/C17H17BrN2O2/c1-3-22-16-9-8-14(18)10-13(16)11-19-20-17(21)15-7-5-4-6-12(15)2/h4-11H,3H2,1-2H3,(H,20,21)/b19-11+. The average molecular weight is 361 g/mol. The first-order valence-corrected chi connectivity index (χ1v) is 7.72. The molecule has 0 heterocycles. The smallest absolute Gasteiger partial charge is 0.271 e. The average Bonchev–Trinajstić information content (AvgIpc) is 2.50. The maximum Gasteiger partial charge on any atom is 0.271 e. The third-order valence-electron chi connectivity index (χ3n) is 3.03. The SMILES string of the molecule is CCOc1ccc(Br)cc1/C=N/NC(=O)c1ccccc1C. The third kappa shape index (κ3) is 4.18. The van der Waals surface area contributed by atoms with Gasteiger partial charge in [-0.15, -0.1) is 0 Å². The topological polar surface area (TPSA) is 50.7 Å². The molecule has 0 aliphatic rings. The Hall–Kier alpha value is -2.14. The number of benzene rings is 2. The van der Waals surface area contributed by atoms with E-state index >= 15 is 0 Å². The first-order valence-electron chi connectivity index (χ1n) is 6.93. The molecule has 2 aromatic rings. The van der Waals surface area contributed by atoms with Crippen LogP contribution in [0.15, 0.2) is 52.0 Å². The molecule has 0 saturated heterocycles. The third-order valence-corrected chi connectivity index (χ3v) is 3.52. The highest BCUT2D eigenvalue weighted by Crippen LogP contribution is 2.21. The fourth-order valence-corrected chi connectivity index (χ4v) is 2.33. The van der Waals surface area contributed by atoms with E-state index in [2.05, 4.69) is 26.5 Å². The number of hydrazone groups is 1. The molecular formula is C17H17BrN2O2. The Morgan fingerprint density at radius 2 is 2.09 bits per heavy atom. The van der Waals surface area contributed by atoms with Crippen LogP contribution < -0.4 is 10.2 Å². The first kappa shape index (κ1) is 16.2. The van der Waals surface area contributed by atoms with E-state index in [1.807, 2.05) is 50.2 Å². The van der Waals surface area contributed by atoms with Crippen molar-refractivity contribution in [2.45, 2.75) is 13.8 Å². The molecule has 0 atom stereocenters. The number of hydrogen-bond donors (Lipinski definition) is 1. The Bertz CT molecular complexity index is 699. The zero-order chi connectivity index (χ0) is 15.9. The molecule has 0 aliphatic carbocycles. The largest absolute Gasteiger partial charge is 0.493 e. The Kier molecular flexibility index (Phi) is 5.72. The maximum absolute atomic E-state index is 12.1. The highest BCUT2D eigenvalue weighted by atomic mass is 79.9. The van der Waals surface area contributed by atoms with Crippen LogP contribution >= 0.6 is 15.9 Å². The van der Waals surface area contributed by atoms with E-state index in [0.29, 0.717) is 12.2 Å². The summed E-state index contributed by atoms with van der Waals surface area (Å²) in [6.45, 7) is 4.38. The molecule has 2 aromatic carbocycles. The zero-order valence-electron chi connectivity index (χ0n) is 12.5. The summed E-state index contributed by atoms with van der Waals surface area (Å²) >= 11 is 3.41. The molecule has 0 saturated carbocycles. The number of amides is 1. The number of carbonyl (C=O) groups is 1. The minimum absolute atomic E-state index is 0.234. The lowest BCUT2D eigenvalue weighted by molar-refractivity contribution is 0.0954. The molecule has 22 heavy (non-hydrogen) atoms. The molecule has 2 rings (SSSR count). The van der Waals surface area contributed by atoms with Crippen LogP contribution in [0.5, 0.6) is 5.75 Å². The molecule has 0 bridgehead atoms. The Morgan fingerprint density at radius 3 is 2.82 bits per heavy atom. The first-order chi connectivity index (χ1) is 10.6. The summed E-state index contributed by atoms with van der Waals surface area (Å²) in [7, 11) is 0. The van der Waals surface area contributed by atoms with Gasteiger partial charge in [0.2, 0.25) is 0 Å². The van der Waals surface area contributed by atoms with Gasteiger partial charge in [-0.3, -0.25) is 4.79 Å². The maximum atomic E-state index is 12.1. The molecule has 0 radical (unpaired) electrons. The number of ether oxygens (including phenoxy) is 1. The van der Waals surface area contributed by atoms with Gasteiger partial charge < -0.3 is 4.74 Å². The van der Waals surface area contributed by atoms with Gasteiger partial charge in [-0.1, -0.05) is 34.1 Å². The van der Waals surface area contributed by atoms with Crippen molar-refractivity contribution in [3.05, 3.63) is 63.6 Å². The van der Waals surface area contributed by atoms with Crippen LogP contribution in [0.2, 0.25) is 0 Å². The van der Waals surface area contributed by atoms with E-state index in [1.54, 1.807) is 12.3 Å². The predicted molar refractivity (Wildman–Crippen MR) is 91.6 cm³/mol. The van der Waals surface area contributed by atoms with Crippen LogP contribution in [0.3, 0.4) is 0 Å². The van der Waals surface area contributed by atoms with Crippen molar-refractivity contribution in [3.8, 4) is 5.75 Å². The minimum atomic E-state index is -0.234. The van der Waals surface area contributed by atoms with Crippen molar-refractivity contribution in [2.24, 2.45) is 5.10 Å². The van der Waals surface area contributed by atoms with E-state index in [0.717, 1.165) is 21.3 Å². The molecular weight excluding hydrogens is 344 g/mol. The molecule has 0 aromatic heterocycles. The summed E-state index contributed by atoms with van der Waals surface area (Å²) in [5.74, 6) is 0.488. The summed E-state index contributed by atoms with van der Waals surface area (Å²) in [4.78, 5) is 12.1. The highest BCUT2D eigenvalue weighted by Gasteiger charge is 2.07. The van der Waals surface area contributed by atoms with Crippen molar-refractivity contribution in [1.82, 2.24) is 5.43 Å². The molecule has 1 amide bonds. The summed E-state index contributed by atoms with van der Waals surface area (Å²) in [5.41, 5.74) is 4.85. The van der Waals surface area contributed by atoms with Crippen LogP contribution in [0.4, 0.5) is 0 Å². The minimum Gasteiger partial charge on any atom is -0.493 e. The molecule has 0 fully saturated rings. The van der Waals surface area contributed by atoms with Crippen molar-refractivity contribution in [3.63, 3.8) is 0 Å². The van der Waals surface area contributed by atoms with Gasteiger partial charge in [0, 0.05) is 15.6 Å². The normalized spacial score (nSPS) is 10.7. The zero-order valence-corrected chi connectivity index (χ0v) is 14.1. The molecule has 0 unspecified atom stereocenters. The van der Waals surface area contributed by atoms with Crippen LogP contribution in [0.1, 0.15) is 28.4 Å². The molecule has 114 valence electrons. The van der Waals surface area contributed by atoms with Gasteiger partial charge in [-0.25, -0.2) is 5.43 Å². The van der Waals surface area contributed by atoms with Crippen LogP contribution in [-0.2, 0) is 0 Å². The Balaban J connectivity index is 2.11. The molecule has 4 nitrogen and oxygen atoms in total. The second-order valence-corrected chi connectivity index (χ2v) is 5.54. The monoisotopic (exact) mass is 360 g/mol. The van der Waals surface area contributed by atoms with Gasteiger partial charge in [0.1, 0.15) is 5.75 Å². The summed E-state index contributed by atoms with van der Waals surface area (Å²) in [6.07, 6.45) is 1.58. The van der Waals surface area contributed by atoms with Crippen LogP contribution in [0, 0.1) is 6.92 Å². The van der Waals surface area contributed by atoms with Gasteiger partial charge in [0.05, 0.1) is 12.8 Å². The Labute approximate surface area is 138 Å². The number of hydrogen-bond acceptors (Lipinski definition) is 3. The molecule has 5 heteroatoms. The summed E-state index contributed by atoms with van der Waals surface area (Å²) in [6, 6.07) is 13.0. The molecule has 0 spiro atoms. The number of halogens is 1. The number of carbonyl (C=O) groups excluding carboxylic acids is 1. The van der Waals surface area contributed by atoms with Gasteiger partial charge in [0.15, 0.2) is 0 Å². The van der Waals surface area contributed by atoms with Crippen LogP contribution in [-0.4, -0.2) is 18.7 Å². The van der Waals surface area contributed by atoms with E-state index in [-0.39, 0.29) is 5.91 Å². The number of nitrogens with zero attached hydrogens (tertiary/aromatic N) is 1. The van der Waals surface area contributed by atoms with E-state index in [9.17, 15) is 4.79 Å². The highest BCUT2D eigenvalue weighted by molar-refractivity contribution is 9.10. The predicted octanol–water partition coefficient (Wildman–Crippen LogP) is 3.92. The lowest BCUT2D eigenvalue weighted by Gasteiger charge is -2.07. The fourth-order valence-electron chi connectivity index (χ4n) is 1.96. The van der Waals surface area contributed by atoms with Gasteiger partial charge in [-0.2, -0.15) is 5.10 Å². The number of nitrogens with one attached hydrogen (secondary N) is 1. The second kappa shape index (κ2) is 7.75. The lowest BCUT2D eigenvalue weighted by atomic mass is 10.1. The van der Waals surface area contributed by atoms with E-state index in [4.69, 9.17) is 4.74 Å². The Morgan fingerprint density at radius 1 is 1.32 bits per heavy atom. The van der Waals surface area contributed by atoms with Crippen molar-refractivity contribution >= 4 is 28.1 Å². The number of rotatable bonds is 5. The van der Waals surface area contributed by atoms with E-state index < -0.39 is 0 Å². The van der Waals surface area contributed by atoms with Crippen LogP contribution in [0.25, 0.3) is 0 Å². The summed E-state index contributed by atoms with van der Waals surface area (Å²) in [5, 5.41) is 4.02. The van der Waals surface area contributed by atoms with Crippen molar-refractivity contribution < 1.29 is 9.53 Å². The van der Waals surface area contributed by atoms with Crippen molar-refractivity contribution in [2.75, 3.05) is 6.61 Å². The second-order valence-electron chi connectivity index (χ2n) is 4.63. The van der Waals surface area contributed by atoms with E-state index in [1.165, 1.54) is 0 Å². The van der Waals surface area contributed by atoms with Gasteiger partial charge >= 0.3 is 0 Å². The fraction of sp³-hybridized carbons (Fsp3) is 0.176. The lowest BCUT2D eigenvalue weighted by Crippen LogP contribution is -2.18. The molecule has 0 aliphatic heterocycles. The molecule has 1 N–H and O–H groups in total. The number of aryl methyl sites for hydroxylation is 1. The van der Waals surface area contributed by atoms with Gasteiger partial charge in [0.25, 0.3) is 5.91 Å². The quantitative estimate of drug-likeness (QED) is 0.648. The van der Waals surface area contributed by atoms with Gasteiger partial charge in [-0.05, 0) is 43.7 Å². The summed E-state index contributed by atoms with van der Waals surface area (Å²) < 4.78 is 6.45.